The number of nitrogens with zero attached hydrogens (tertiary/aromatic N) is 3. The van der Waals surface area contributed by atoms with Crippen LogP contribution in [-0.2, 0) is 6.54 Å². The quantitative estimate of drug-likeness (QED) is 0.558. The fraction of sp³-hybridized carbons (Fsp3) is 0.136. The summed E-state index contributed by atoms with van der Waals surface area (Å²) in [4.78, 5) is 20.5. The molecule has 0 bridgehead atoms. The second kappa shape index (κ2) is 6.73. The summed E-state index contributed by atoms with van der Waals surface area (Å²) in [5.41, 5.74) is 5.60. The van der Waals surface area contributed by atoms with Crippen LogP contribution >= 0.6 is 11.3 Å². The predicted octanol–water partition coefficient (Wildman–Crippen LogP) is 4.59. The third kappa shape index (κ3) is 2.73. The molecule has 0 radical (unpaired) electrons. The van der Waals surface area contributed by atoms with Crippen molar-refractivity contribution in [1.29, 1.82) is 0 Å². The number of benzene rings is 1. The molecule has 1 atom stereocenters. The summed E-state index contributed by atoms with van der Waals surface area (Å²) < 4.78 is 0. The molecule has 0 spiro atoms. The summed E-state index contributed by atoms with van der Waals surface area (Å²) in [6.45, 7) is 2.57. The Morgan fingerprint density at radius 1 is 1.14 bits per heavy atom. The van der Waals surface area contributed by atoms with Crippen molar-refractivity contribution in [1.82, 2.24) is 20.1 Å². The van der Waals surface area contributed by atoms with E-state index in [1.54, 1.807) is 17.5 Å². The number of amides is 1. The molecule has 1 unspecified atom stereocenters. The SMILES string of the molecule is Cc1ccc(-c2n[nH]c3c2C(c2cccs2)N(Cc2cccnc2)C3=O)cc1. The predicted molar refractivity (Wildman–Crippen MR) is 109 cm³/mol. The van der Waals surface area contributed by atoms with Gasteiger partial charge in [0.05, 0.1) is 11.7 Å². The average molecular weight is 386 g/mol. The monoisotopic (exact) mass is 386 g/mol. The normalized spacial score (nSPS) is 15.8. The number of fused-ring (bicyclic) bond motifs is 1. The summed E-state index contributed by atoms with van der Waals surface area (Å²) in [5, 5.41) is 9.56. The molecule has 138 valence electrons. The van der Waals surface area contributed by atoms with Gasteiger partial charge in [0.15, 0.2) is 0 Å². The number of hydrogen-bond acceptors (Lipinski definition) is 4. The lowest BCUT2D eigenvalue weighted by molar-refractivity contribution is 0.0732. The standard InChI is InChI=1S/C22H18N4OS/c1-14-6-8-16(9-7-14)19-18-20(25-24-19)22(27)26(13-15-4-2-10-23-12-15)21(18)17-5-3-11-28-17/h2-12,21H,13H2,1H3,(H,24,25). The summed E-state index contributed by atoms with van der Waals surface area (Å²) in [5.74, 6) is -0.0249. The lowest BCUT2D eigenvalue weighted by Gasteiger charge is -2.25. The lowest BCUT2D eigenvalue weighted by Crippen LogP contribution is -2.28. The molecule has 28 heavy (non-hydrogen) atoms. The summed E-state index contributed by atoms with van der Waals surface area (Å²) in [6.07, 6.45) is 3.55. The molecule has 0 aliphatic carbocycles. The zero-order chi connectivity index (χ0) is 19.1. The Labute approximate surface area is 166 Å². The van der Waals surface area contributed by atoms with Gasteiger partial charge in [-0.05, 0) is 30.0 Å². The Morgan fingerprint density at radius 3 is 2.71 bits per heavy atom. The van der Waals surface area contributed by atoms with Gasteiger partial charge >= 0.3 is 0 Å². The number of hydrogen-bond donors (Lipinski definition) is 1. The van der Waals surface area contributed by atoms with E-state index in [1.165, 1.54) is 5.56 Å². The molecule has 6 heteroatoms. The maximum atomic E-state index is 13.2. The summed E-state index contributed by atoms with van der Waals surface area (Å²) >= 11 is 1.66. The first-order valence-corrected chi connectivity index (χ1v) is 9.99. The van der Waals surface area contributed by atoms with Gasteiger partial charge in [-0.15, -0.1) is 11.3 Å². The number of thiophene rings is 1. The molecular weight excluding hydrogens is 368 g/mol. The highest BCUT2D eigenvalue weighted by Gasteiger charge is 2.42. The van der Waals surface area contributed by atoms with Crippen LogP contribution in [0.2, 0.25) is 0 Å². The number of nitrogens with one attached hydrogen (secondary N) is 1. The largest absolute Gasteiger partial charge is 0.321 e. The van der Waals surface area contributed by atoms with Gasteiger partial charge in [0.1, 0.15) is 5.69 Å². The van der Waals surface area contributed by atoms with Crippen molar-refractivity contribution in [2.45, 2.75) is 19.5 Å². The molecule has 5 nitrogen and oxygen atoms in total. The molecule has 0 fully saturated rings. The molecule has 3 aromatic heterocycles. The van der Waals surface area contributed by atoms with Crippen molar-refractivity contribution in [2.24, 2.45) is 0 Å². The van der Waals surface area contributed by atoms with Crippen LogP contribution in [0.25, 0.3) is 11.3 Å². The van der Waals surface area contributed by atoms with E-state index in [2.05, 4.69) is 52.4 Å². The molecule has 1 amide bonds. The van der Waals surface area contributed by atoms with Crippen LogP contribution in [0.15, 0.2) is 66.3 Å². The topological polar surface area (TPSA) is 61.9 Å². The van der Waals surface area contributed by atoms with Crippen LogP contribution in [0.1, 0.15) is 38.1 Å². The van der Waals surface area contributed by atoms with Crippen LogP contribution in [0.4, 0.5) is 0 Å². The van der Waals surface area contributed by atoms with Crippen molar-refractivity contribution in [3.05, 3.63) is 93.6 Å². The van der Waals surface area contributed by atoms with Crippen molar-refractivity contribution in [2.75, 3.05) is 0 Å². The minimum Gasteiger partial charge on any atom is -0.321 e. The highest BCUT2D eigenvalue weighted by molar-refractivity contribution is 7.10. The molecular formula is C22H18N4OS. The molecule has 1 aliphatic heterocycles. The van der Waals surface area contributed by atoms with Gasteiger partial charge in [-0.2, -0.15) is 5.10 Å². The first-order chi connectivity index (χ1) is 13.7. The first kappa shape index (κ1) is 16.9. The van der Waals surface area contributed by atoms with Crippen LogP contribution in [-0.4, -0.2) is 26.0 Å². The second-order valence-corrected chi connectivity index (χ2v) is 7.92. The average Bonchev–Trinajstić information content (AvgIpc) is 3.43. The molecule has 4 heterocycles. The molecule has 1 N–H and O–H groups in total. The molecule has 1 aliphatic rings. The van der Waals surface area contributed by atoms with E-state index in [0.717, 1.165) is 27.3 Å². The smallest absolute Gasteiger partial charge is 0.273 e. The van der Waals surface area contributed by atoms with Gasteiger partial charge < -0.3 is 4.90 Å². The fourth-order valence-electron chi connectivity index (χ4n) is 3.72. The molecule has 1 aromatic carbocycles. The fourth-order valence-corrected chi connectivity index (χ4v) is 4.57. The van der Waals surface area contributed by atoms with Crippen LogP contribution < -0.4 is 0 Å². The van der Waals surface area contributed by atoms with Gasteiger partial charge in [-0.25, -0.2) is 0 Å². The molecule has 5 rings (SSSR count). The Kier molecular flexibility index (Phi) is 4.06. The molecule has 0 saturated carbocycles. The van der Waals surface area contributed by atoms with Gasteiger partial charge in [-0.1, -0.05) is 42.0 Å². The lowest BCUT2D eigenvalue weighted by atomic mass is 10.00. The zero-order valence-corrected chi connectivity index (χ0v) is 16.1. The van der Waals surface area contributed by atoms with Crippen LogP contribution in [0.3, 0.4) is 0 Å². The number of H-pyrrole nitrogens is 1. The third-order valence-electron chi connectivity index (χ3n) is 5.08. The second-order valence-electron chi connectivity index (χ2n) is 6.94. The Hall–Kier alpha value is -3.25. The summed E-state index contributed by atoms with van der Waals surface area (Å²) in [6, 6.07) is 16.1. The van der Waals surface area contributed by atoms with Gasteiger partial charge in [0, 0.05) is 34.9 Å². The van der Waals surface area contributed by atoms with Crippen molar-refractivity contribution >= 4 is 17.2 Å². The van der Waals surface area contributed by atoms with E-state index < -0.39 is 0 Å². The van der Waals surface area contributed by atoms with E-state index in [1.807, 2.05) is 34.7 Å². The van der Waals surface area contributed by atoms with E-state index in [-0.39, 0.29) is 11.9 Å². The van der Waals surface area contributed by atoms with Crippen molar-refractivity contribution in [3.63, 3.8) is 0 Å². The number of rotatable bonds is 4. The van der Waals surface area contributed by atoms with Gasteiger partial charge in [0.2, 0.25) is 0 Å². The molecule has 4 aromatic rings. The number of aromatic nitrogens is 3. The highest BCUT2D eigenvalue weighted by Crippen LogP contribution is 2.44. The minimum absolute atomic E-state index is 0.0249. The maximum Gasteiger partial charge on any atom is 0.273 e. The Balaban J connectivity index is 1.63. The number of pyridine rings is 1. The summed E-state index contributed by atoms with van der Waals surface area (Å²) in [7, 11) is 0. The van der Waals surface area contributed by atoms with Crippen LogP contribution in [0, 0.1) is 6.92 Å². The van der Waals surface area contributed by atoms with E-state index in [0.29, 0.717) is 12.2 Å². The van der Waals surface area contributed by atoms with E-state index in [9.17, 15) is 4.79 Å². The van der Waals surface area contributed by atoms with Crippen molar-refractivity contribution in [3.8, 4) is 11.3 Å². The van der Waals surface area contributed by atoms with E-state index in [4.69, 9.17) is 0 Å². The highest BCUT2D eigenvalue weighted by atomic mass is 32.1. The Morgan fingerprint density at radius 2 is 2.00 bits per heavy atom. The van der Waals surface area contributed by atoms with Gasteiger partial charge in [-0.3, -0.25) is 14.9 Å². The minimum atomic E-state index is -0.155. The number of carbonyl (C=O) groups excluding carboxylic acids is 1. The number of aryl methyl sites for hydroxylation is 1. The van der Waals surface area contributed by atoms with E-state index >= 15 is 0 Å². The number of carbonyl (C=O) groups is 1. The first-order valence-electron chi connectivity index (χ1n) is 9.11. The maximum absolute atomic E-state index is 13.2. The third-order valence-corrected chi connectivity index (χ3v) is 6.00. The van der Waals surface area contributed by atoms with Gasteiger partial charge in [0.25, 0.3) is 5.91 Å². The number of aromatic amines is 1. The van der Waals surface area contributed by atoms with Crippen LogP contribution in [0.5, 0.6) is 0 Å². The zero-order valence-electron chi connectivity index (χ0n) is 15.3. The van der Waals surface area contributed by atoms with Crippen molar-refractivity contribution < 1.29 is 4.79 Å². The Bertz CT molecular complexity index is 1120. The molecule has 0 saturated heterocycles.